The van der Waals surface area contributed by atoms with Crippen LogP contribution < -0.4 is 15.5 Å². The predicted octanol–water partition coefficient (Wildman–Crippen LogP) is 2.55. The van der Waals surface area contributed by atoms with Crippen LogP contribution in [0, 0.1) is 0 Å². The SMILES string of the molecule is CCC1(c2ccccc2)NC(=O)N(CC(=O)Nc2ccccc2N(C)C)C1=O. The van der Waals surface area contributed by atoms with Crippen LogP contribution in [0.4, 0.5) is 16.2 Å². The standard InChI is InChI=1S/C21H24N4O3/c1-4-21(15-10-6-5-7-11-15)19(27)25(20(28)23-21)14-18(26)22-16-12-8-9-13-17(16)24(2)3/h5-13H,4,14H2,1-3H3,(H,22,26)(H,23,28). The summed E-state index contributed by atoms with van der Waals surface area (Å²) in [5, 5.41) is 5.57. The molecule has 0 aliphatic carbocycles. The first kappa shape index (κ1) is 19.4. The van der Waals surface area contributed by atoms with Gasteiger partial charge in [0, 0.05) is 14.1 Å². The molecule has 0 saturated carbocycles. The lowest BCUT2D eigenvalue weighted by Gasteiger charge is -2.25. The van der Waals surface area contributed by atoms with Crippen molar-refractivity contribution in [1.82, 2.24) is 10.2 Å². The second kappa shape index (κ2) is 7.72. The number of anilines is 2. The number of carbonyl (C=O) groups is 3. The molecule has 2 aromatic carbocycles. The van der Waals surface area contributed by atoms with Gasteiger partial charge in [-0.15, -0.1) is 0 Å². The van der Waals surface area contributed by atoms with Gasteiger partial charge in [0.05, 0.1) is 11.4 Å². The average molecular weight is 380 g/mol. The van der Waals surface area contributed by atoms with Crippen LogP contribution in [0.15, 0.2) is 54.6 Å². The molecule has 0 aromatic heterocycles. The largest absolute Gasteiger partial charge is 0.376 e. The molecule has 1 fully saturated rings. The van der Waals surface area contributed by atoms with Crippen molar-refractivity contribution in [3.8, 4) is 0 Å². The molecule has 1 unspecified atom stereocenters. The molecule has 7 heteroatoms. The molecule has 7 nitrogen and oxygen atoms in total. The molecule has 1 atom stereocenters. The van der Waals surface area contributed by atoms with E-state index >= 15 is 0 Å². The summed E-state index contributed by atoms with van der Waals surface area (Å²) in [4.78, 5) is 41.0. The highest BCUT2D eigenvalue weighted by molar-refractivity contribution is 6.10. The summed E-state index contributed by atoms with van der Waals surface area (Å²) in [7, 11) is 3.75. The van der Waals surface area contributed by atoms with Crippen LogP contribution >= 0.6 is 0 Å². The van der Waals surface area contributed by atoms with E-state index in [4.69, 9.17) is 0 Å². The Kier molecular flexibility index (Phi) is 5.35. The Hall–Kier alpha value is -3.35. The van der Waals surface area contributed by atoms with Gasteiger partial charge >= 0.3 is 6.03 Å². The van der Waals surface area contributed by atoms with Crippen LogP contribution in [-0.2, 0) is 15.1 Å². The van der Waals surface area contributed by atoms with E-state index in [-0.39, 0.29) is 6.54 Å². The fourth-order valence-electron chi connectivity index (χ4n) is 3.43. The summed E-state index contributed by atoms with van der Waals surface area (Å²) in [6.45, 7) is 1.49. The number of nitrogens with zero attached hydrogens (tertiary/aromatic N) is 2. The third kappa shape index (κ3) is 3.43. The number of rotatable bonds is 6. The van der Waals surface area contributed by atoms with Crippen molar-refractivity contribution in [2.75, 3.05) is 30.9 Å². The van der Waals surface area contributed by atoms with Crippen LogP contribution in [0.3, 0.4) is 0 Å². The number of amides is 4. The highest BCUT2D eigenvalue weighted by Gasteiger charge is 2.51. The normalized spacial score (nSPS) is 18.8. The van der Waals surface area contributed by atoms with Gasteiger partial charge in [0.1, 0.15) is 12.1 Å². The number of imide groups is 1. The number of benzene rings is 2. The Morgan fingerprint density at radius 2 is 1.71 bits per heavy atom. The number of carbonyl (C=O) groups excluding carboxylic acids is 3. The second-order valence-electron chi connectivity index (χ2n) is 6.91. The summed E-state index contributed by atoms with van der Waals surface area (Å²) < 4.78 is 0. The number of para-hydroxylation sites is 2. The predicted molar refractivity (Wildman–Crippen MR) is 108 cm³/mol. The summed E-state index contributed by atoms with van der Waals surface area (Å²) in [5.74, 6) is -0.847. The Bertz CT molecular complexity index is 898. The van der Waals surface area contributed by atoms with Crippen LogP contribution in [-0.4, -0.2) is 43.4 Å². The lowest BCUT2D eigenvalue weighted by molar-refractivity contribution is -0.134. The maximum absolute atomic E-state index is 13.1. The molecule has 28 heavy (non-hydrogen) atoms. The highest BCUT2D eigenvalue weighted by atomic mass is 16.2. The Morgan fingerprint density at radius 3 is 2.36 bits per heavy atom. The van der Waals surface area contributed by atoms with Gasteiger partial charge in [-0.1, -0.05) is 49.4 Å². The zero-order valence-corrected chi connectivity index (χ0v) is 16.2. The minimum atomic E-state index is -1.14. The Labute approximate surface area is 164 Å². The minimum Gasteiger partial charge on any atom is -0.376 e. The lowest BCUT2D eigenvalue weighted by atomic mass is 9.87. The molecule has 1 aliphatic heterocycles. The smallest absolute Gasteiger partial charge is 0.325 e. The van der Waals surface area contributed by atoms with Gasteiger partial charge < -0.3 is 15.5 Å². The van der Waals surface area contributed by atoms with Gasteiger partial charge in [0.15, 0.2) is 0 Å². The minimum absolute atomic E-state index is 0.346. The molecule has 2 N–H and O–H groups in total. The molecule has 0 radical (unpaired) electrons. The van der Waals surface area contributed by atoms with E-state index in [0.29, 0.717) is 17.7 Å². The van der Waals surface area contributed by atoms with E-state index in [9.17, 15) is 14.4 Å². The first-order valence-electron chi connectivity index (χ1n) is 9.15. The van der Waals surface area contributed by atoms with E-state index in [0.717, 1.165) is 10.6 Å². The van der Waals surface area contributed by atoms with E-state index in [1.165, 1.54) is 0 Å². The lowest BCUT2D eigenvalue weighted by Crippen LogP contribution is -2.44. The van der Waals surface area contributed by atoms with Crippen molar-refractivity contribution < 1.29 is 14.4 Å². The molecular weight excluding hydrogens is 356 g/mol. The number of hydrogen-bond acceptors (Lipinski definition) is 4. The van der Waals surface area contributed by atoms with Crippen LogP contribution in [0.25, 0.3) is 0 Å². The molecule has 1 heterocycles. The summed E-state index contributed by atoms with van der Waals surface area (Å²) >= 11 is 0. The highest BCUT2D eigenvalue weighted by Crippen LogP contribution is 2.32. The molecule has 4 amide bonds. The van der Waals surface area contributed by atoms with Crippen molar-refractivity contribution in [3.05, 3.63) is 60.2 Å². The molecule has 0 spiro atoms. The van der Waals surface area contributed by atoms with Gasteiger partial charge in [-0.05, 0) is 24.1 Å². The van der Waals surface area contributed by atoms with Crippen molar-refractivity contribution in [2.45, 2.75) is 18.9 Å². The Morgan fingerprint density at radius 1 is 1.07 bits per heavy atom. The summed E-state index contributed by atoms with van der Waals surface area (Å²) in [6.07, 6.45) is 0.392. The van der Waals surface area contributed by atoms with E-state index in [1.807, 2.05) is 62.3 Å². The summed E-state index contributed by atoms with van der Waals surface area (Å²) in [5.41, 5.74) is 1.02. The third-order valence-corrected chi connectivity index (χ3v) is 4.93. The average Bonchev–Trinajstić information content (AvgIpc) is 2.94. The molecule has 146 valence electrons. The maximum atomic E-state index is 13.1. The van der Waals surface area contributed by atoms with Crippen molar-refractivity contribution in [3.63, 3.8) is 0 Å². The van der Waals surface area contributed by atoms with Crippen molar-refractivity contribution in [2.24, 2.45) is 0 Å². The van der Waals surface area contributed by atoms with Crippen molar-refractivity contribution >= 4 is 29.2 Å². The summed E-state index contributed by atoms with van der Waals surface area (Å²) in [6, 6.07) is 15.9. The zero-order chi connectivity index (χ0) is 20.3. The zero-order valence-electron chi connectivity index (χ0n) is 16.2. The van der Waals surface area contributed by atoms with Gasteiger partial charge in [0.25, 0.3) is 5.91 Å². The fourth-order valence-corrected chi connectivity index (χ4v) is 3.43. The van der Waals surface area contributed by atoms with E-state index in [2.05, 4.69) is 10.6 Å². The number of urea groups is 1. The van der Waals surface area contributed by atoms with Gasteiger partial charge in [-0.2, -0.15) is 0 Å². The van der Waals surface area contributed by atoms with Gasteiger partial charge in [-0.3, -0.25) is 14.5 Å². The fraction of sp³-hybridized carbons (Fsp3) is 0.286. The van der Waals surface area contributed by atoms with Gasteiger partial charge in [-0.25, -0.2) is 4.79 Å². The molecule has 0 bridgehead atoms. The second-order valence-corrected chi connectivity index (χ2v) is 6.91. The quantitative estimate of drug-likeness (QED) is 0.755. The van der Waals surface area contributed by atoms with Crippen LogP contribution in [0.2, 0.25) is 0 Å². The van der Waals surface area contributed by atoms with Crippen molar-refractivity contribution in [1.29, 1.82) is 0 Å². The number of nitrogens with one attached hydrogen (secondary N) is 2. The molecule has 2 aromatic rings. The monoisotopic (exact) mass is 380 g/mol. The molecule has 1 saturated heterocycles. The van der Waals surface area contributed by atoms with Gasteiger partial charge in [0.2, 0.25) is 5.91 Å². The first-order chi connectivity index (χ1) is 13.4. The maximum Gasteiger partial charge on any atom is 0.325 e. The van der Waals surface area contributed by atoms with E-state index < -0.39 is 23.4 Å². The molecule has 1 aliphatic rings. The molecular formula is C21H24N4O3. The number of hydrogen-bond donors (Lipinski definition) is 2. The Balaban J connectivity index is 1.79. The third-order valence-electron chi connectivity index (χ3n) is 4.93. The molecule has 3 rings (SSSR count). The van der Waals surface area contributed by atoms with Crippen LogP contribution in [0.1, 0.15) is 18.9 Å². The topological polar surface area (TPSA) is 81.8 Å². The first-order valence-corrected chi connectivity index (χ1v) is 9.15. The van der Waals surface area contributed by atoms with Crippen LogP contribution in [0.5, 0.6) is 0 Å². The van der Waals surface area contributed by atoms with E-state index in [1.54, 1.807) is 18.2 Å².